The maximum absolute atomic E-state index is 10.4. The van der Waals surface area contributed by atoms with Crippen molar-refractivity contribution in [2.24, 2.45) is 0 Å². The van der Waals surface area contributed by atoms with E-state index in [-0.39, 0.29) is 26.4 Å². The fraction of sp³-hybridized carbons (Fsp3) is 1.00. The molecule has 8 atom stereocenters. The van der Waals surface area contributed by atoms with Gasteiger partial charge in [0.15, 0.2) is 6.29 Å². The maximum Gasteiger partial charge on any atom is 0.184 e. The van der Waals surface area contributed by atoms with Crippen LogP contribution in [0.15, 0.2) is 0 Å². The van der Waals surface area contributed by atoms with E-state index in [1.165, 1.54) is 13.8 Å². The van der Waals surface area contributed by atoms with Crippen molar-refractivity contribution in [1.29, 1.82) is 0 Å². The second-order valence-electron chi connectivity index (χ2n) is 6.24. The van der Waals surface area contributed by atoms with Gasteiger partial charge < -0.3 is 44.5 Å². The summed E-state index contributed by atoms with van der Waals surface area (Å²) < 4.78 is 21.4. The van der Waals surface area contributed by atoms with Crippen LogP contribution >= 0.6 is 0 Å². The van der Waals surface area contributed by atoms with Gasteiger partial charge in [-0.05, 0) is 20.8 Å². The Morgan fingerprint density at radius 1 is 0.833 bits per heavy atom. The highest BCUT2D eigenvalue weighted by molar-refractivity contribution is 4.91. The van der Waals surface area contributed by atoms with Gasteiger partial charge in [-0.2, -0.15) is 0 Å². The van der Waals surface area contributed by atoms with Crippen LogP contribution in [0.5, 0.6) is 0 Å². The van der Waals surface area contributed by atoms with Crippen molar-refractivity contribution < 1.29 is 44.5 Å². The molecule has 0 aromatic carbocycles. The lowest BCUT2D eigenvalue weighted by Gasteiger charge is -2.42. The van der Waals surface area contributed by atoms with Crippen LogP contribution in [0.25, 0.3) is 0 Å². The topological polar surface area (TPSA) is 138 Å². The predicted octanol–water partition coefficient (Wildman–Crippen LogP) is -2.01. The minimum atomic E-state index is -1.40. The lowest BCUT2D eigenvalue weighted by atomic mass is 9.98. The monoisotopic (exact) mass is 354 g/mol. The third-order valence-corrected chi connectivity index (χ3v) is 3.34. The summed E-state index contributed by atoms with van der Waals surface area (Å²) in [6.45, 7) is 4.47. The van der Waals surface area contributed by atoms with Crippen LogP contribution in [-0.2, 0) is 18.9 Å². The van der Waals surface area contributed by atoms with Crippen LogP contribution in [0.4, 0.5) is 0 Å². The Labute approximate surface area is 141 Å². The second-order valence-corrected chi connectivity index (χ2v) is 6.24. The first-order valence-corrected chi connectivity index (χ1v) is 8.09. The normalized spacial score (nSPS) is 34.8. The Morgan fingerprint density at radius 2 is 1.33 bits per heavy atom. The van der Waals surface area contributed by atoms with E-state index in [0.717, 1.165) is 0 Å². The van der Waals surface area contributed by atoms with Gasteiger partial charge in [0.2, 0.25) is 0 Å². The molecule has 1 aliphatic heterocycles. The molecule has 5 N–H and O–H groups in total. The third-order valence-electron chi connectivity index (χ3n) is 3.34. The summed E-state index contributed by atoms with van der Waals surface area (Å²) in [5, 5.41) is 48.4. The number of aliphatic hydroxyl groups excluding tert-OH is 5. The molecule has 0 aliphatic carbocycles. The van der Waals surface area contributed by atoms with Crippen LogP contribution in [-0.4, -0.2) is 101 Å². The smallest absolute Gasteiger partial charge is 0.184 e. The van der Waals surface area contributed by atoms with Crippen LogP contribution < -0.4 is 0 Å². The summed E-state index contributed by atoms with van der Waals surface area (Å²) in [5.41, 5.74) is 0. The van der Waals surface area contributed by atoms with Gasteiger partial charge in [0.05, 0.1) is 44.7 Å². The van der Waals surface area contributed by atoms with Crippen LogP contribution in [0.3, 0.4) is 0 Å². The van der Waals surface area contributed by atoms with E-state index in [1.807, 2.05) is 0 Å². The van der Waals surface area contributed by atoms with Crippen LogP contribution in [0.2, 0.25) is 0 Å². The molecule has 1 heterocycles. The molecule has 0 aromatic heterocycles. The summed E-state index contributed by atoms with van der Waals surface area (Å²) in [5.74, 6) is 0. The summed E-state index contributed by atoms with van der Waals surface area (Å²) in [4.78, 5) is 0. The van der Waals surface area contributed by atoms with Crippen molar-refractivity contribution in [2.45, 2.75) is 69.8 Å². The summed E-state index contributed by atoms with van der Waals surface area (Å²) >= 11 is 0. The predicted molar refractivity (Wildman–Crippen MR) is 82.2 cm³/mol. The lowest BCUT2D eigenvalue weighted by molar-refractivity contribution is -0.309. The van der Waals surface area contributed by atoms with Crippen molar-refractivity contribution in [3.63, 3.8) is 0 Å². The minimum Gasteiger partial charge on any atom is -0.391 e. The molecule has 3 unspecified atom stereocenters. The number of hydrogen-bond acceptors (Lipinski definition) is 9. The Bertz CT molecular complexity index is 337. The minimum absolute atomic E-state index is 0.0548. The maximum atomic E-state index is 10.4. The van der Waals surface area contributed by atoms with E-state index < -0.39 is 49.0 Å². The van der Waals surface area contributed by atoms with E-state index in [0.29, 0.717) is 0 Å². The van der Waals surface area contributed by atoms with Gasteiger partial charge in [0, 0.05) is 0 Å². The lowest BCUT2D eigenvalue weighted by Crippen LogP contribution is -2.61. The zero-order chi connectivity index (χ0) is 18.3. The SMILES string of the molecule is CC(O)COC[C@H]1O[C@@H](O)[C@H](OCC(C)O)[C@@H](OCC(C)O)[C@@H]1O. The molecule has 0 saturated carbocycles. The molecule has 0 bridgehead atoms. The summed E-state index contributed by atoms with van der Waals surface area (Å²) in [6.07, 6.45) is -7.65. The van der Waals surface area contributed by atoms with E-state index in [1.54, 1.807) is 6.92 Å². The van der Waals surface area contributed by atoms with Crippen molar-refractivity contribution in [3.05, 3.63) is 0 Å². The number of ether oxygens (including phenoxy) is 4. The zero-order valence-electron chi connectivity index (χ0n) is 14.3. The van der Waals surface area contributed by atoms with Crippen molar-refractivity contribution in [2.75, 3.05) is 26.4 Å². The van der Waals surface area contributed by atoms with Gasteiger partial charge in [-0.3, -0.25) is 0 Å². The van der Waals surface area contributed by atoms with E-state index in [4.69, 9.17) is 18.9 Å². The highest BCUT2D eigenvalue weighted by Gasteiger charge is 2.46. The molecule has 0 spiro atoms. The molecule has 0 aromatic rings. The summed E-state index contributed by atoms with van der Waals surface area (Å²) in [7, 11) is 0. The van der Waals surface area contributed by atoms with Gasteiger partial charge >= 0.3 is 0 Å². The fourth-order valence-corrected chi connectivity index (χ4v) is 2.27. The molecule has 24 heavy (non-hydrogen) atoms. The molecule has 1 saturated heterocycles. The number of aliphatic hydroxyl groups is 5. The first-order valence-electron chi connectivity index (χ1n) is 8.09. The van der Waals surface area contributed by atoms with Gasteiger partial charge in [-0.1, -0.05) is 0 Å². The molecule has 9 heteroatoms. The third kappa shape index (κ3) is 7.26. The first-order chi connectivity index (χ1) is 11.2. The van der Waals surface area contributed by atoms with Crippen molar-refractivity contribution in [3.8, 4) is 0 Å². The second kappa shape index (κ2) is 10.6. The van der Waals surface area contributed by atoms with Gasteiger partial charge in [0.1, 0.15) is 24.4 Å². The Morgan fingerprint density at radius 3 is 1.83 bits per heavy atom. The molecule has 1 fully saturated rings. The number of hydrogen-bond donors (Lipinski definition) is 5. The average Bonchev–Trinajstić information content (AvgIpc) is 2.46. The Balaban J connectivity index is 2.71. The van der Waals surface area contributed by atoms with Crippen LogP contribution in [0.1, 0.15) is 20.8 Å². The van der Waals surface area contributed by atoms with Gasteiger partial charge in [-0.25, -0.2) is 0 Å². The molecule has 0 amide bonds. The molecule has 0 radical (unpaired) electrons. The largest absolute Gasteiger partial charge is 0.391 e. The summed E-state index contributed by atoms with van der Waals surface area (Å²) in [6, 6.07) is 0. The molecule has 9 nitrogen and oxygen atoms in total. The molecular formula is C15H30O9. The van der Waals surface area contributed by atoms with Crippen LogP contribution in [0, 0.1) is 0 Å². The Hall–Kier alpha value is -0.360. The fourth-order valence-electron chi connectivity index (χ4n) is 2.27. The van der Waals surface area contributed by atoms with E-state index >= 15 is 0 Å². The average molecular weight is 354 g/mol. The van der Waals surface area contributed by atoms with Crippen molar-refractivity contribution in [1.82, 2.24) is 0 Å². The molecule has 1 rings (SSSR count). The standard InChI is InChI=1S/C15H30O9/c1-8(16)4-21-7-11-12(19)13(22-5-9(2)17)14(15(20)24-11)23-6-10(3)18/h8-20H,4-7H2,1-3H3/t8?,9?,10?,11-,12-,13+,14-,15-/m1/s1. The molecule has 144 valence electrons. The van der Waals surface area contributed by atoms with Gasteiger partial charge in [0.25, 0.3) is 0 Å². The van der Waals surface area contributed by atoms with E-state index in [2.05, 4.69) is 0 Å². The quantitative estimate of drug-likeness (QED) is 0.301. The van der Waals surface area contributed by atoms with Crippen molar-refractivity contribution >= 4 is 0 Å². The van der Waals surface area contributed by atoms with E-state index in [9.17, 15) is 25.5 Å². The first kappa shape index (κ1) is 21.7. The van der Waals surface area contributed by atoms with Gasteiger partial charge in [-0.15, -0.1) is 0 Å². The Kier molecular flexibility index (Phi) is 9.57. The zero-order valence-corrected chi connectivity index (χ0v) is 14.3. The highest BCUT2D eigenvalue weighted by atomic mass is 16.7. The highest BCUT2D eigenvalue weighted by Crippen LogP contribution is 2.25. The molecular weight excluding hydrogens is 324 g/mol. The molecule has 1 aliphatic rings. The number of rotatable bonds is 10.